The average molecular weight is 343 g/mol. The summed E-state index contributed by atoms with van der Waals surface area (Å²) in [5.41, 5.74) is 10.0. The van der Waals surface area contributed by atoms with E-state index < -0.39 is 0 Å². The lowest BCUT2D eigenvalue weighted by Crippen LogP contribution is -2.19. The van der Waals surface area contributed by atoms with Crippen molar-refractivity contribution in [2.45, 2.75) is 32.9 Å². The van der Waals surface area contributed by atoms with Gasteiger partial charge in [0.1, 0.15) is 5.82 Å². The molecule has 0 fully saturated rings. The Bertz CT molecular complexity index is 1040. The molecule has 26 heavy (non-hydrogen) atoms. The molecule has 1 aromatic heterocycles. The van der Waals surface area contributed by atoms with E-state index in [4.69, 9.17) is 10.7 Å². The highest BCUT2D eigenvalue weighted by Gasteiger charge is 2.18. The lowest BCUT2D eigenvalue weighted by atomic mass is 10.0. The second-order valence-corrected chi connectivity index (χ2v) is 7.42. The molecule has 0 saturated carbocycles. The maximum absolute atomic E-state index is 6.54. The van der Waals surface area contributed by atoms with Gasteiger partial charge in [-0.05, 0) is 40.8 Å². The third kappa shape index (κ3) is 3.11. The summed E-state index contributed by atoms with van der Waals surface area (Å²) in [7, 11) is 0. The molecule has 0 amide bonds. The molecule has 0 aliphatic heterocycles. The summed E-state index contributed by atoms with van der Waals surface area (Å²) in [4.78, 5) is 4.88. The molecule has 0 bridgehead atoms. The van der Waals surface area contributed by atoms with Crippen molar-refractivity contribution in [1.82, 2.24) is 9.55 Å². The van der Waals surface area contributed by atoms with Crippen LogP contribution in [-0.2, 0) is 6.54 Å². The number of nitrogens with two attached hydrogens (primary N) is 1. The monoisotopic (exact) mass is 343 g/mol. The zero-order valence-corrected chi connectivity index (χ0v) is 15.4. The first-order valence-corrected chi connectivity index (χ1v) is 9.31. The van der Waals surface area contributed by atoms with Crippen LogP contribution < -0.4 is 5.73 Å². The standard InChI is InChI=1S/C23H25N3/c1-16(2)14-20(24)23-25-21-12-5-6-13-22(21)26(23)15-18-10-7-9-17-8-3-4-11-19(17)18/h3-13,16,20H,14-15,24H2,1-2H3. The molecule has 4 aromatic rings. The minimum atomic E-state index is -0.0580. The smallest absolute Gasteiger partial charge is 0.127 e. The van der Waals surface area contributed by atoms with Gasteiger partial charge in [-0.2, -0.15) is 0 Å². The number of nitrogens with zero attached hydrogens (tertiary/aromatic N) is 2. The molecule has 1 unspecified atom stereocenters. The van der Waals surface area contributed by atoms with Crippen LogP contribution in [0.5, 0.6) is 0 Å². The Hall–Kier alpha value is -2.65. The second kappa shape index (κ2) is 6.93. The number of rotatable bonds is 5. The van der Waals surface area contributed by atoms with Gasteiger partial charge >= 0.3 is 0 Å². The van der Waals surface area contributed by atoms with Crippen LogP contribution in [0.25, 0.3) is 21.8 Å². The fraction of sp³-hybridized carbons (Fsp3) is 0.261. The third-order valence-corrected chi connectivity index (χ3v) is 4.95. The molecule has 3 nitrogen and oxygen atoms in total. The van der Waals surface area contributed by atoms with Crippen LogP contribution in [0, 0.1) is 5.92 Å². The van der Waals surface area contributed by atoms with Crippen LogP contribution in [0.3, 0.4) is 0 Å². The SMILES string of the molecule is CC(C)CC(N)c1nc2ccccc2n1Cc1cccc2ccccc12. The molecule has 1 atom stereocenters. The minimum absolute atomic E-state index is 0.0580. The van der Waals surface area contributed by atoms with Gasteiger partial charge in [0.05, 0.1) is 23.6 Å². The van der Waals surface area contributed by atoms with Crippen molar-refractivity contribution in [3.63, 3.8) is 0 Å². The predicted molar refractivity (Wildman–Crippen MR) is 109 cm³/mol. The molecule has 0 spiro atoms. The average Bonchev–Trinajstić information content (AvgIpc) is 3.00. The lowest BCUT2D eigenvalue weighted by Gasteiger charge is -2.17. The third-order valence-electron chi connectivity index (χ3n) is 4.95. The van der Waals surface area contributed by atoms with E-state index in [2.05, 4.69) is 79.1 Å². The Balaban J connectivity index is 1.84. The Labute approximate surface area is 154 Å². The van der Waals surface area contributed by atoms with E-state index in [1.165, 1.54) is 16.3 Å². The summed E-state index contributed by atoms with van der Waals surface area (Å²) in [6.45, 7) is 5.19. The first kappa shape index (κ1) is 16.8. The van der Waals surface area contributed by atoms with Gasteiger partial charge in [-0.15, -0.1) is 0 Å². The molecule has 4 rings (SSSR count). The van der Waals surface area contributed by atoms with Gasteiger partial charge in [-0.1, -0.05) is 68.4 Å². The second-order valence-electron chi connectivity index (χ2n) is 7.42. The number of benzene rings is 3. The summed E-state index contributed by atoms with van der Waals surface area (Å²) < 4.78 is 2.30. The fourth-order valence-corrected chi connectivity index (χ4v) is 3.76. The molecule has 0 saturated heterocycles. The van der Waals surface area contributed by atoms with Crippen LogP contribution >= 0.6 is 0 Å². The molecule has 2 N–H and O–H groups in total. The summed E-state index contributed by atoms with van der Waals surface area (Å²) in [5.74, 6) is 1.52. The van der Waals surface area contributed by atoms with Gasteiger partial charge in [-0.25, -0.2) is 4.98 Å². The van der Waals surface area contributed by atoms with Crippen molar-refractivity contribution in [1.29, 1.82) is 0 Å². The molecular weight excluding hydrogens is 318 g/mol. The molecule has 132 valence electrons. The van der Waals surface area contributed by atoms with Crippen molar-refractivity contribution in [2.75, 3.05) is 0 Å². The summed E-state index contributed by atoms with van der Waals surface area (Å²) in [6.07, 6.45) is 0.929. The Morgan fingerprint density at radius 1 is 0.923 bits per heavy atom. The summed E-state index contributed by atoms with van der Waals surface area (Å²) in [6, 6.07) is 23.3. The topological polar surface area (TPSA) is 43.8 Å². The van der Waals surface area contributed by atoms with Gasteiger partial charge in [0, 0.05) is 0 Å². The van der Waals surface area contributed by atoms with Crippen molar-refractivity contribution in [3.05, 3.63) is 78.1 Å². The molecule has 0 aliphatic carbocycles. The number of hydrogen-bond donors (Lipinski definition) is 1. The molecular formula is C23H25N3. The molecule has 3 aromatic carbocycles. The van der Waals surface area contributed by atoms with Crippen LogP contribution in [0.15, 0.2) is 66.7 Å². The van der Waals surface area contributed by atoms with E-state index in [0.29, 0.717) is 5.92 Å². The number of fused-ring (bicyclic) bond motifs is 2. The summed E-state index contributed by atoms with van der Waals surface area (Å²) in [5, 5.41) is 2.55. The van der Waals surface area contributed by atoms with Gasteiger partial charge in [0.25, 0.3) is 0 Å². The van der Waals surface area contributed by atoms with E-state index >= 15 is 0 Å². The van der Waals surface area contributed by atoms with Gasteiger partial charge in [0.2, 0.25) is 0 Å². The normalized spacial score (nSPS) is 12.9. The van der Waals surface area contributed by atoms with Gasteiger partial charge < -0.3 is 10.3 Å². The molecule has 3 heteroatoms. The van der Waals surface area contributed by atoms with Crippen LogP contribution in [0.2, 0.25) is 0 Å². The number of aromatic nitrogens is 2. The highest BCUT2D eigenvalue weighted by molar-refractivity contribution is 5.86. The van der Waals surface area contributed by atoms with Crippen molar-refractivity contribution < 1.29 is 0 Å². The maximum Gasteiger partial charge on any atom is 0.127 e. The Morgan fingerprint density at radius 3 is 2.50 bits per heavy atom. The van der Waals surface area contributed by atoms with Crippen LogP contribution in [0.1, 0.15) is 37.7 Å². The highest BCUT2D eigenvalue weighted by atomic mass is 15.1. The summed E-state index contributed by atoms with van der Waals surface area (Å²) >= 11 is 0. The Kier molecular flexibility index (Phi) is 4.48. The van der Waals surface area contributed by atoms with E-state index in [1.54, 1.807) is 0 Å². The van der Waals surface area contributed by atoms with E-state index in [1.807, 2.05) is 6.07 Å². The zero-order chi connectivity index (χ0) is 18.1. The van der Waals surface area contributed by atoms with Crippen molar-refractivity contribution in [2.24, 2.45) is 11.7 Å². The molecule has 0 radical (unpaired) electrons. The van der Waals surface area contributed by atoms with E-state index in [9.17, 15) is 0 Å². The van der Waals surface area contributed by atoms with Crippen LogP contribution in [0.4, 0.5) is 0 Å². The quantitative estimate of drug-likeness (QED) is 0.535. The Morgan fingerprint density at radius 2 is 1.65 bits per heavy atom. The van der Waals surface area contributed by atoms with Crippen molar-refractivity contribution >= 4 is 21.8 Å². The lowest BCUT2D eigenvalue weighted by molar-refractivity contribution is 0.481. The minimum Gasteiger partial charge on any atom is -0.322 e. The maximum atomic E-state index is 6.54. The van der Waals surface area contributed by atoms with Crippen LogP contribution in [-0.4, -0.2) is 9.55 Å². The number of para-hydroxylation sites is 2. The zero-order valence-electron chi connectivity index (χ0n) is 15.4. The molecule has 0 aliphatic rings. The van der Waals surface area contributed by atoms with E-state index in [-0.39, 0.29) is 6.04 Å². The predicted octanol–water partition coefficient (Wildman–Crippen LogP) is 5.28. The number of imidazole rings is 1. The van der Waals surface area contributed by atoms with Gasteiger partial charge in [0.15, 0.2) is 0 Å². The molecule has 1 heterocycles. The van der Waals surface area contributed by atoms with E-state index in [0.717, 1.165) is 29.8 Å². The first-order valence-electron chi connectivity index (χ1n) is 9.31. The van der Waals surface area contributed by atoms with Crippen molar-refractivity contribution in [3.8, 4) is 0 Å². The fourth-order valence-electron chi connectivity index (χ4n) is 3.76. The number of hydrogen-bond acceptors (Lipinski definition) is 2. The highest BCUT2D eigenvalue weighted by Crippen LogP contribution is 2.27. The van der Waals surface area contributed by atoms with Gasteiger partial charge in [-0.3, -0.25) is 0 Å². The first-order chi connectivity index (χ1) is 12.6. The largest absolute Gasteiger partial charge is 0.322 e.